The minimum Gasteiger partial charge on any atom is -0.375 e. The van der Waals surface area contributed by atoms with Gasteiger partial charge < -0.3 is 10.1 Å². The molecule has 0 aromatic rings. The number of rotatable bonds is 3. The van der Waals surface area contributed by atoms with E-state index in [4.69, 9.17) is 17.0 Å². The highest BCUT2D eigenvalue weighted by molar-refractivity contribution is 7.80. The van der Waals surface area contributed by atoms with Gasteiger partial charge in [-0.3, -0.25) is 4.99 Å². The van der Waals surface area contributed by atoms with Crippen molar-refractivity contribution in [1.82, 2.24) is 5.32 Å². The predicted octanol–water partition coefficient (Wildman–Crippen LogP) is 4.17. The standard InChI is InChI=1S/C19H29N3OS/c1-16(2,3)23-12-18(6)10-13(21-15(18)24)8-14-9-17(4,5)19(7,11-20)22-14/h8H,9-10,12H2,1-7H3,(H,21,24)/b13-8-. The molecule has 0 radical (unpaired) electrons. The molecule has 2 heterocycles. The van der Waals surface area contributed by atoms with Gasteiger partial charge in [0.15, 0.2) is 0 Å². The largest absolute Gasteiger partial charge is 0.375 e. The molecule has 1 fully saturated rings. The van der Waals surface area contributed by atoms with Gasteiger partial charge in [-0.1, -0.05) is 33.0 Å². The van der Waals surface area contributed by atoms with Crippen LogP contribution in [0.25, 0.3) is 0 Å². The Morgan fingerprint density at radius 3 is 2.42 bits per heavy atom. The van der Waals surface area contributed by atoms with Gasteiger partial charge in [0.2, 0.25) is 0 Å². The topological polar surface area (TPSA) is 57.4 Å². The normalized spacial score (nSPS) is 34.2. The Morgan fingerprint density at radius 1 is 1.29 bits per heavy atom. The van der Waals surface area contributed by atoms with E-state index in [-0.39, 0.29) is 16.4 Å². The lowest BCUT2D eigenvalue weighted by Crippen LogP contribution is -2.34. The Hall–Kier alpha value is -1.25. The number of thiocarbonyl (C=S) groups is 1. The molecule has 2 atom stereocenters. The maximum atomic E-state index is 9.48. The number of nitriles is 1. The Labute approximate surface area is 151 Å². The third-order valence-electron chi connectivity index (χ3n) is 5.09. The zero-order chi connectivity index (χ0) is 18.4. The number of aliphatic imine (C=N–C) groups is 1. The summed E-state index contributed by atoms with van der Waals surface area (Å²) in [6, 6.07) is 2.36. The van der Waals surface area contributed by atoms with E-state index in [1.807, 2.05) is 6.92 Å². The van der Waals surface area contributed by atoms with Gasteiger partial charge in [-0.15, -0.1) is 0 Å². The van der Waals surface area contributed by atoms with Crippen LogP contribution in [-0.2, 0) is 4.74 Å². The Kier molecular flexibility index (Phi) is 4.71. The summed E-state index contributed by atoms with van der Waals surface area (Å²) in [6.45, 7) is 15.0. The molecule has 2 rings (SSSR count). The molecule has 0 aromatic heterocycles. The summed E-state index contributed by atoms with van der Waals surface area (Å²) in [5.41, 5.74) is 0.830. The van der Waals surface area contributed by atoms with Crippen molar-refractivity contribution in [2.75, 3.05) is 6.61 Å². The van der Waals surface area contributed by atoms with Crippen LogP contribution in [0.2, 0.25) is 0 Å². The average Bonchev–Trinajstić information content (AvgIpc) is 2.82. The number of ether oxygens (including phenoxy) is 1. The molecule has 0 aromatic carbocycles. The molecule has 0 amide bonds. The number of allylic oxidation sites excluding steroid dienone is 2. The van der Waals surface area contributed by atoms with Gasteiger partial charge in [-0.25, -0.2) is 0 Å². The summed E-state index contributed by atoms with van der Waals surface area (Å²) in [7, 11) is 0. The molecule has 24 heavy (non-hydrogen) atoms. The highest BCUT2D eigenvalue weighted by atomic mass is 32.1. The molecule has 0 bridgehead atoms. The van der Waals surface area contributed by atoms with Gasteiger partial charge in [0, 0.05) is 28.7 Å². The van der Waals surface area contributed by atoms with E-state index < -0.39 is 5.54 Å². The third kappa shape index (κ3) is 3.70. The molecule has 2 aliphatic heterocycles. The van der Waals surface area contributed by atoms with Gasteiger partial charge in [-0.2, -0.15) is 5.26 Å². The lowest BCUT2D eigenvalue weighted by atomic mass is 9.74. The van der Waals surface area contributed by atoms with Gasteiger partial charge >= 0.3 is 0 Å². The van der Waals surface area contributed by atoms with Crippen LogP contribution >= 0.6 is 12.2 Å². The quantitative estimate of drug-likeness (QED) is 0.779. The zero-order valence-corrected chi connectivity index (χ0v) is 16.7. The van der Waals surface area contributed by atoms with Gasteiger partial charge in [0.25, 0.3) is 0 Å². The highest BCUT2D eigenvalue weighted by Gasteiger charge is 2.47. The fourth-order valence-electron chi connectivity index (χ4n) is 2.98. The van der Waals surface area contributed by atoms with Crippen molar-refractivity contribution in [2.45, 2.75) is 72.4 Å². The van der Waals surface area contributed by atoms with E-state index in [2.05, 4.69) is 64.0 Å². The molecule has 2 unspecified atom stereocenters. The van der Waals surface area contributed by atoms with Crippen molar-refractivity contribution in [2.24, 2.45) is 15.8 Å². The smallest absolute Gasteiger partial charge is 0.149 e. The van der Waals surface area contributed by atoms with Gasteiger partial charge in [0.05, 0.1) is 23.3 Å². The highest BCUT2D eigenvalue weighted by Crippen LogP contribution is 2.43. The average molecular weight is 348 g/mol. The molecule has 5 heteroatoms. The van der Waals surface area contributed by atoms with E-state index in [1.54, 1.807) is 0 Å². The first-order valence-electron chi connectivity index (χ1n) is 8.46. The SMILES string of the molecule is CC(C)(C)OCC1(C)C/C(=C/C2=NC(C)(C#N)C(C)(C)C2)NC1=S. The van der Waals surface area contributed by atoms with Crippen molar-refractivity contribution < 1.29 is 4.74 Å². The van der Waals surface area contributed by atoms with Crippen LogP contribution in [0, 0.1) is 22.2 Å². The second-order valence-electron chi connectivity index (χ2n) is 9.11. The Morgan fingerprint density at radius 2 is 1.92 bits per heavy atom. The third-order valence-corrected chi connectivity index (χ3v) is 5.69. The molecule has 2 aliphatic rings. The van der Waals surface area contributed by atoms with Crippen molar-refractivity contribution in [3.05, 3.63) is 11.8 Å². The zero-order valence-electron chi connectivity index (χ0n) is 15.9. The van der Waals surface area contributed by atoms with Crippen LogP contribution in [0.5, 0.6) is 0 Å². The van der Waals surface area contributed by atoms with E-state index in [0.29, 0.717) is 6.61 Å². The molecule has 0 saturated carbocycles. The first-order chi connectivity index (χ1) is 10.8. The van der Waals surface area contributed by atoms with Gasteiger partial charge in [-0.05, 0) is 40.2 Å². The Balaban J connectivity index is 2.16. The molecule has 4 nitrogen and oxygen atoms in total. The van der Waals surface area contributed by atoms with Crippen molar-refractivity contribution in [3.63, 3.8) is 0 Å². The number of hydrogen-bond acceptors (Lipinski definition) is 4. The van der Waals surface area contributed by atoms with Crippen LogP contribution in [0.4, 0.5) is 0 Å². The summed E-state index contributed by atoms with van der Waals surface area (Å²) in [4.78, 5) is 5.50. The molecule has 0 aliphatic carbocycles. The van der Waals surface area contributed by atoms with Gasteiger partial charge in [0.1, 0.15) is 5.54 Å². The summed E-state index contributed by atoms with van der Waals surface area (Å²) < 4.78 is 5.96. The van der Waals surface area contributed by atoms with E-state index in [1.165, 1.54) is 0 Å². The monoisotopic (exact) mass is 347 g/mol. The fraction of sp³-hybridized carbons (Fsp3) is 0.737. The first kappa shape index (κ1) is 19.1. The fourth-order valence-corrected chi connectivity index (χ4v) is 3.25. The van der Waals surface area contributed by atoms with Crippen LogP contribution in [-0.4, -0.2) is 28.4 Å². The van der Waals surface area contributed by atoms with Crippen molar-refractivity contribution in [1.29, 1.82) is 5.26 Å². The Bertz CT molecular complexity index is 651. The lowest BCUT2D eigenvalue weighted by molar-refractivity contribution is -0.0292. The summed E-state index contributed by atoms with van der Waals surface area (Å²) in [6.07, 6.45) is 3.67. The maximum absolute atomic E-state index is 9.48. The van der Waals surface area contributed by atoms with Crippen LogP contribution in [0.3, 0.4) is 0 Å². The summed E-state index contributed by atoms with van der Waals surface area (Å²) in [5, 5.41) is 12.8. The predicted molar refractivity (Wildman–Crippen MR) is 102 cm³/mol. The molecule has 1 saturated heterocycles. The van der Waals surface area contributed by atoms with Crippen LogP contribution in [0.1, 0.15) is 61.3 Å². The molecular formula is C19H29N3OS. The lowest BCUT2D eigenvalue weighted by Gasteiger charge is -2.29. The van der Waals surface area contributed by atoms with Crippen LogP contribution in [0.15, 0.2) is 16.8 Å². The molecule has 1 N–H and O–H groups in total. The number of nitrogens with zero attached hydrogens (tertiary/aromatic N) is 2. The minimum absolute atomic E-state index is 0.161. The number of nitrogens with one attached hydrogen (secondary N) is 1. The molecule has 132 valence electrons. The van der Waals surface area contributed by atoms with Crippen LogP contribution < -0.4 is 5.32 Å². The summed E-state index contributed by atoms with van der Waals surface area (Å²) >= 11 is 5.55. The first-order valence-corrected chi connectivity index (χ1v) is 8.87. The summed E-state index contributed by atoms with van der Waals surface area (Å²) in [5.74, 6) is 0. The number of hydrogen-bond donors (Lipinski definition) is 1. The maximum Gasteiger partial charge on any atom is 0.149 e. The molecule has 0 spiro atoms. The van der Waals surface area contributed by atoms with Crippen molar-refractivity contribution in [3.8, 4) is 6.07 Å². The van der Waals surface area contributed by atoms with E-state index >= 15 is 0 Å². The second kappa shape index (κ2) is 5.93. The van der Waals surface area contributed by atoms with E-state index in [9.17, 15) is 5.26 Å². The second-order valence-corrected chi connectivity index (χ2v) is 9.52. The molecular weight excluding hydrogens is 318 g/mol. The van der Waals surface area contributed by atoms with E-state index in [0.717, 1.165) is 29.2 Å². The minimum atomic E-state index is -0.669. The van der Waals surface area contributed by atoms with Crippen molar-refractivity contribution >= 4 is 22.9 Å².